The van der Waals surface area contributed by atoms with Gasteiger partial charge in [0.2, 0.25) is 0 Å². The number of carbonyl (C=O) groups is 2. The molecule has 1 unspecified atom stereocenters. The number of nitrogens with one attached hydrogen (secondary N) is 2. The SMILES string of the molecule is C=C(NP(=O)(CO[C@H](C)Cn1cnc2c(N)ncnc21)NC[C@H](C)C(=O)OC(C)C)C(=O)OCCCCC. The fourth-order valence-corrected chi connectivity index (χ4v) is 5.09. The summed E-state index contributed by atoms with van der Waals surface area (Å²) in [5, 5.41) is 5.52. The van der Waals surface area contributed by atoms with Crippen molar-refractivity contribution in [2.75, 3.05) is 25.2 Å². The molecule has 0 bridgehead atoms. The number of unbranched alkanes of at least 4 members (excludes halogenated alkanes) is 2. The quantitative estimate of drug-likeness (QED) is 0.113. The van der Waals surface area contributed by atoms with Gasteiger partial charge >= 0.3 is 11.9 Å². The number of hydrogen-bond donors (Lipinski definition) is 3. The van der Waals surface area contributed by atoms with E-state index >= 15 is 0 Å². The summed E-state index contributed by atoms with van der Waals surface area (Å²) in [6.45, 7) is 13.3. The number of imidazole rings is 1. The lowest BCUT2D eigenvalue weighted by molar-refractivity contribution is -0.151. The molecular weight excluding hydrogens is 513 g/mol. The summed E-state index contributed by atoms with van der Waals surface area (Å²) in [4.78, 5) is 37.0. The zero-order valence-corrected chi connectivity index (χ0v) is 23.7. The molecular formula is C24H40N7O6P. The predicted octanol–water partition coefficient (Wildman–Crippen LogP) is 2.98. The van der Waals surface area contributed by atoms with Gasteiger partial charge in [-0.15, -0.1) is 0 Å². The molecule has 0 saturated heterocycles. The van der Waals surface area contributed by atoms with Crippen LogP contribution in [0.1, 0.15) is 53.9 Å². The van der Waals surface area contributed by atoms with E-state index in [-0.39, 0.29) is 37.1 Å². The molecule has 0 spiro atoms. The lowest BCUT2D eigenvalue weighted by atomic mass is 10.2. The molecule has 0 aromatic carbocycles. The molecule has 2 rings (SSSR count). The normalized spacial score (nSPS) is 14.6. The van der Waals surface area contributed by atoms with Crippen LogP contribution in [0.5, 0.6) is 0 Å². The molecule has 0 aliphatic carbocycles. The number of aromatic nitrogens is 4. The number of nitrogens with zero attached hydrogens (tertiary/aromatic N) is 4. The molecule has 0 amide bonds. The largest absolute Gasteiger partial charge is 0.463 e. The van der Waals surface area contributed by atoms with E-state index in [1.165, 1.54) is 6.33 Å². The Morgan fingerprint density at radius 1 is 1.18 bits per heavy atom. The Kier molecular flexibility index (Phi) is 12.1. The smallest absolute Gasteiger partial charge is 0.354 e. The first-order valence-corrected chi connectivity index (χ1v) is 14.6. The van der Waals surface area contributed by atoms with Crippen molar-refractivity contribution in [3.63, 3.8) is 0 Å². The minimum absolute atomic E-state index is 0.0226. The van der Waals surface area contributed by atoms with E-state index in [9.17, 15) is 14.2 Å². The maximum absolute atomic E-state index is 13.8. The van der Waals surface area contributed by atoms with Crippen LogP contribution in [0.25, 0.3) is 11.2 Å². The molecule has 0 saturated carbocycles. The van der Waals surface area contributed by atoms with Crippen LogP contribution in [0.2, 0.25) is 0 Å². The van der Waals surface area contributed by atoms with E-state index in [1.807, 2.05) is 6.92 Å². The first-order chi connectivity index (χ1) is 18.0. The Bertz CT molecular complexity index is 1140. The molecule has 38 heavy (non-hydrogen) atoms. The maximum atomic E-state index is 13.8. The lowest BCUT2D eigenvalue weighted by Gasteiger charge is -2.25. The highest BCUT2D eigenvalue weighted by Crippen LogP contribution is 2.38. The number of fused-ring (bicyclic) bond motifs is 1. The first-order valence-electron chi connectivity index (χ1n) is 12.7. The van der Waals surface area contributed by atoms with Crippen molar-refractivity contribution in [2.24, 2.45) is 5.92 Å². The van der Waals surface area contributed by atoms with Crippen molar-refractivity contribution >= 4 is 36.4 Å². The molecule has 0 radical (unpaired) electrons. The van der Waals surface area contributed by atoms with Crippen molar-refractivity contribution < 1.29 is 28.4 Å². The van der Waals surface area contributed by atoms with Crippen molar-refractivity contribution in [2.45, 2.75) is 72.6 Å². The van der Waals surface area contributed by atoms with Gasteiger partial charge in [-0.1, -0.05) is 33.3 Å². The molecule has 2 aromatic heterocycles. The van der Waals surface area contributed by atoms with Gasteiger partial charge < -0.3 is 29.6 Å². The summed E-state index contributed by atoms with van der Waals surface area (Å²) >= 11 is 0. The fraction of sp³-hybridized carbons (Fsp3) is 0.625. The van der Waals surface area contributed by atoms with E-state index in [1.54, 1.807) is 38.6 Å². The third-order valence-corrected chi connectivity index (χ3v) is 7.21. The van der Waals surface area contributed by atoms with Gasteiger partial charge in [-0.2, -0.15) is 0 Å². The van der Waals surface area contributed by atoms with Crippen molar-refractivity contribution in [1.82, 2.24) is 29.7 Å². The Labute approximate surface area is 223 Å². The molecule has 212 valence electrons. The summed E-state index contributed by atoms with van der Waals surface area (Å²) in [5.41, 5.74) is 6.70. The number of hydrogen-bond acceptors (Lipinski definition) is 10. The van der Waals surface area contributed by atoms with Crippen LogP contribution in [0.15, 0.2) is 24.9 Å². The molecule has 4 N–H and O–H groups in total. The third kappa shape index (κ3) is 9.70. The molecule has 2 aromatic rings. The van der Waals surface area contributed by atoms with Crippen LogP contribution in [0, 0.1) is 5.92 Å². The average molecular weight is 554 g/mol. The maximum Gasteiger partial charge on any atom is 0.354 e. The van der Waals surface area contributed by atoms with Gasteiger partial charge in [0.25, 0.3) is 7.44 Å². The van der Waals surface area contributed by atoms with E-state index in [0.717, 1.165) is 19.3 Å². The Morgan fingerprint density at radius 2 is 1.92 bits per heavy atom. The van der Waals surface area contributed by atoms with E-state index < -0.39 is 31.4 Å². The number of anilines is 1. The number of nitrogens with two attached hydrogens (primary N) is 1. The number of carbonyl (C=O) groups excluding carboxylic acids is 2. The summed E-state index contributed by atoms with van der Waals surface area (Å²) in [5.74, 6) is -1.46. The van der Waals surface area contributed by atoms with Gasteiger partial charge in [0, 0.05) is 6.54 Å². The average Bonchev–Trinajstić information content (AvgIpc) is 3.27. The zero-order valence-electron chi connectivity index (χ0n) is 22.8. The highest BCUT2D eigenvalue weighted by Gasteiger charge is 2.29. The lowest BCUT2D eigenvalue weighted by Crippen LogP contribution is -2.34. The first kappa shape index (κ1) is 31.2. The van der Waals surface area contributed by atoms with Crippen LogP contribution < -0.4 is 15.9 Å². The standard InChI is InChI=1S/C24H40N7O6P/c1-7-8-9-10-35-24(33)19(6)30-38(34,29-11-17(4)23(32)37-16(2)3)15-36-18(5)12-31-14-28-20-21(25)26-13-27-22(20)31/h13-14,16-18H,6-12,15H2,1-5H3,(H2,25,26,27)(H2,29,30,34)/t17-,18+,38?/m0/s1. The minimum atomic E-state index is -3.60. The highest BCUT2D eigenvalue weighted by atomic mass is 31.2. The van der Waals surface area contributed by atoms with Gasteiger partial charge in [-0.3, -0.25) is 9.36 Å². The summed E-state index contributed by atoms with van der Waals surface area (Å²) in [6.07, 6.45) is 4.55. The summed E-state index contributed by atoms with van der Waals surface area (Å²) < 4.78 is 31.9. The minimum Gasteiger partial charge on any atom is -0.463 e. The second-order valence-corrected chi connectivity index (χ2v) is 11.6. The van der Waals surface area contributed by atoms with Crippen molar-refractivity contribution in [1.29, 1.82) is 0 Å². The van der Waals surface area contributed by atoms with Crippen LogP contribution in [0.4, 0.5) is 5.82 Å². The molecule has 0 fully saturated rings. The fourth-order valence-electron chi connectivity index (χ4n) is 3.30. The van der Waals surface area contributed by atoms with Gasteiger partial charge in [-0.25, -0.2) is 24.8 Å². The Morgan fingerprint density at radius 3 is 2.61 bits per heavy atom. The van der Waals surface area contributed by atoms with Crippen LogP contribution in [0.3, 0.4) is 0 Å². The van der Waals surface area contributed by atoms with Crippen molar-refractivity contribution in [3.05, 3.63) is 24.9 Å². The monoisotopic (exact) mass is 553 g/mol. The van der Waals surface area contributed by atoms with Gasteiger partial charge in [-0.05, 0) is 27.2 Å². The molecule has 14 heteroatoms. The molecule has 0 aliphatic heterocycles. The number of nitrogen functional groups attached to an aromatic ring is 1. The molecule has 0 aliphatic rings. The third-order valence-electron chi connectivity index (χ3n) is 5.37. The second kappa shape index (κ2) is 14.8. The Hall–Kier alpha value is -3.02. The summed E-state index contributed by atoms with van der Waals surface area (Å²) in [6, 6.07) is 0. The zero-order chi connectivity index (χ0) is 28.3. The predicted molar refractivity (Wildman–Crippen MR) is 144 cm³/mol. The van der Waals surface area contributed by atoms with E-state index in [4.69, 9.17) is 19.9 Å². The van der Waals surface area contributed by atoms with Gasteiger partial charge in [0.1, 0.15) is 23.9 Å². The van der Waals surface area contributed by atoms with Gasteiger partial charge in [0.15, 0.2) is 11.5 Å². The van der Waals surface area contributed by atoms with Crippen LogP contribution in [-0.2, 0) is 34.9 Å². The second-order valence-electron chi connectivity index (χ2n) is 9.36. The topological polar surface area (TPSA) is 173 Å². The molecule has 13 nitrogen and oxygen atoms in total. The number of rotatable bonds is 17. The van der Waals surface area contributed by atoms with E-state index in [0.29, 0.717) is 17.7 Å². The van der Waals surface area contributed by atoms with E-state index in [2.05, 4.69) is 31.7 Å². The van der Waals surface area contributed by atoms with Crippen molar-refractivity contribution in [3.8, 4) is 0 Å². The number of esters is 2. The highest BCUT2D eigenvalue weighted by molar-refractivity contribution is 7.59. The van der Waals surface area contributed by atoms with Crippen LogP contribution in [-0.4, -0.2) is 63.2 Å². The molecule has 2 heterocycles. The molecule has 3 atom stereocenters. The number of ether oxygens (including phenoxy) is 3. The Balaban J connectivity index is 2.05. The van der Waals surface area contributed by atoms with Gasteiger partial charge in [0.05, 0.1) is 37.6 Å². The van der Waals surface area contributed by atoms with Crippen LogP contribution >= 0.6 is 7.44 Å². The summed E-state index contributed by atoms with van der Waals surface area (Å²) in [7, 11) is -3.60.